The predicted octanol–water partition coefficient (Wildman–Crippen LogP) is 3.15. The van der Waals surface area contributed by atoms with Gasteiger partial charge in [-0.3, -0.25) is 0 Å². The first kappa shape index (κ1) is 10.8. The van der Waals surface area contributed by atoms with E-state index in [1.807, 2.05) is 54.6 Å². The van der Waals surface area contributed by atoms with Crippen molar-refractivity contribution in [3.05, 3.63) is 70.8 Å². The molecule has 3 rings (SSSR count). The molecule has 2 heteroatoms. The largest absolute Gasteiger partial charge is 0.384 e. The second kappa shape index (κ2) is 4.14. The number of allylic oxidation sites excluding steroid dienone is 1. The number of rotatable bonds is 0. The third-order valence-corrected chi connectivity index (χ3v) is 3.26. The predicted molar refractivity (Wildman–Crippen MR) is 70.4 cm³/mol. The van der Waals surface area contributed by atoms with Crippen LogP contribution in [0.2, 0.25) is 0 Å². The minimum atomic E-state index is -0.681. The normalized spacial score (nSPS) is 16.9. The van der Waals surface area contributed by atoms with Crippen LogP contribution in [-0.4, -0.2) is 5.11 Å². The molecule has 1 aliphatic carbocycles. The summed E-state index contributed by atoms with van der Waals surface area (Å²) in [5.41, 5.74) is 3.93. The van der Waals surface area contributed by atoms with Crippen LogP contribution < -0.4 is 0 Å². The molecule has 86 valence electrons. The molecule has 0 fully saturated rings. The Morgan fingerprint density at radius 3 is 2.39 bits per heavy atom. The first-order chi connectivity index (χ1) is 8.81. The lowest BCUT2D eigenvalue weighted by molar-refractivity contribution is 0.220. The van der Waals surface area contributed by atoms with Gasteiger partial charge in [-0.25, -0.2) is 0 Å². The summed E-state index contributed by atoms with van der Waals surface area (Å²) in [7, 11) is 0. The van der Waals surface area contributed by atoms with Gasteiger partial charge < -0.3 is 5.11 Å². The van der Waals surface area contributed by atoms with Gasteiger partial charge in [0, 0.05) is 0 Å². The Balaban J connectivity index is 2.35. The molecule has 0 saturated heterocycles. The van der Waals surface area contributed by atoms with Gasteiger partial charge in [-0.1, -0.05) is 48.5 Å². The van der Waals surface area contributed by atoms with Crippen molar-refractivity contribution in [2.24, 2.45) is 0 Å². The monoisotopic (exact) mass is 233 g/mol. The van der Waals surface area contributed by atoms with E-state index >= 15 is 0 Å². The van der Waals surface area contributed by atoms with Crippen LogP contribution in [0.3, 0.4) is 0 Å². The molecule has 1 N–H and O–H groups in total. The molecule has 0 saturated carbocycles. The van der Waals surface area contributed by atoms with Crippen molar-refractivity contribution in [2.45, 2.75) is 6.10 Å². The molecule has 1 aliphatic rings. The maximum atomic E-state index is 10.5. The van der Waals surface area contributed by atoms with Crippen LogP contribution in [0.15, 0.2) is 48.5 Å². The van der Waals surface area contributed by atoms with E-state index in [-0.39, 0.29) is 0 Å². The zero-order chi connectivity index (χ0) is 12.5. The number of aliphatic hydroxyl groups excluding tert-OH is 1. The fourth-order valence-corrected chi connectivity index (χ4v) is 2.37. The summed E-state index contributed by atoms with van der Waals surface area (Å²) >= 11 is 0. The molecule has 0 amide bonds. The van der Waals surface area contributed by atoms with Gasteiger partial charge in [0.25, 0.3) is 0 Å². The average Bonchev–Trinajstić information content (AvgIpc) is 2.55. The Hall–Kier alpha value is -2.37. The van der Waals surface area contributed by atoms with Crippen LogP contribution in [0.25, 0.3) is 11.6 Å². The second-order valence-corrected chi connectivity index (χ2v) is 4.29. The van der Waals surface area contributed by atoms with E-state index in [9.17, 15) is 10.4 Å². The summed E-state index contributed by atoms with van der Waals surface area (Å²) in [6, 6.07) is 17.3. The standard InChI is InChI=1S/C16H11NO/c17-10-12-9-11-5-1-2-7-14(11)16(18)15-8-4-3-6-13(12)15/h1-9,16,18H/t16-/m1/s1. The van der Waals surface area contributed by atoms with E-state index < -0.39 is 6.10 Å². The summed E-state index contributed by atoms with van der Waals surface area (Å²) in [6.07, 6.45) is 1.16. The number of fused-ring (bicyclic) bond motifs is 2. The van der Waals surface area contributed by atoms with Crippen LogP contribution in [-0.2, 0) is 0 Å². The molecule has 0 bridgehead atoms. The lowest BCUT2D eigenvalue weighted by Crippen LogP contribution is -2.02. The molecule has 0 spiro atoms. The zero-order valence-corrected chi connectivity index (χ0v) is 9.67. The fraction of sp³-hybridized carbons (Fsp3) is 0.0625. The third kappa shape index (κ3) is 1.54. The molecule has 2 aromatic rings. The Bertz CT molecular complexity index is 679. The highest BCUT2D eigenvalue weighted by molar-refractivity contribution is 5.92. The number of nitrogens with zero attached hydrogens (tertiary/aromatic N) is 1. The molecule has 2 aromatic carbocycles. The molecule has 0 aliphatic heterocycles. The van der Waals surface area contributed by atoms with E-state index in [4.69, 9.17) is 0 Å². The smallest absolute Gasteiger partial charge is 0.105 e. The molecule has 0 radical (unpaired) electrons. The van der Waals surface area contributed by atoms with Crippen molar-refractivity contribution in [1.82, 2.24) is 0 Å². The van der Waals surface area contributed by atoms with Gasteiger partial charge in [0.15, 0.2) is 0 Å². The zero-order valence-electron chi connectivity index (χ0n) is 9.67. The summed E-state index contributed by atoms with van der Waals surface area (Å²) < 4.78 is 0. The van der Waals surface area contributed by atoms with Crippen molar-refractivity contribution in [2.75, 3.05) is 0 Å². The Kier molecular flexibility index (Phi) is 2.47. The fourth-order valence-electron chi connectivity index (χ4n) is 2.37. The van der Waals surface area contributed by atoms with Crippen molar-refractivity contribution < 1.29 is 5.11 Å². The Morgan fingerprint density at radius 1 is 0.944 bits per heavy atom. The maximum Gasteiger partial charge on any atom is 0.105 e. The topological polar surface area (TPSA) is 44.0 Å². The van der Waals surface area contributed by atoms with E-state index in [2.05, 4.69) is 6.07 Å². The van der Waals surface area contributed by atoms with Crippen LogP contribution in [0, 0.1) is 11.3 Å². The summed E-state index contributed by atoms with van der Waals surface area (Å²) in [6.45, 7) is 0. The Morgan fingerprint density at radius 2 is 1.61 bits per heavy atom. The first-order valence-corrected chi connectivity index (χ1v) is 5.79. The summed E-state index contributed by atoms with van der Waals surface area (Å²) in [5, 5.41) is 19.7. The number of nitriles is 1. The third-order valence-electron chi connectivity index (χ3n) is 3.26. The van der Waals surface area contributed by atoms with E-state index in [1.165, 1.54) is 0 Å². The van der Waals surface area contributed by atoms with Gasteiger partial charge >= 0.3 is 0 Å². The van der Waals surface area contributed by atoms with Crippen molar-refractivity contribution >= 4 is 11.6 Å². The molecular weight excluding hydrogens is 222 g/mol. The minimum Gasteiger partial charge on any atom is -0.384 e. The van der Waals surface area contributed by atoms with Crippen LogP contribution in [0.4, 0.5) is 0 Å². The Labute approximate surface area is 105 Å². The van der Waals surface area contributed by atoms with Gasteiger partial charge in [0.05, 0.1) is 11.6 Å². The highest BCUT2D eigenvalue weighted by Crippen LogP contribution is 2.35. The van der Waals surface area contributed by atoms with E-state index in [1.54, 1.807) is 0 Å². The van der Waals surface area contributed by atoms with Gasteiger partial charge in [0.2, 0.25) is 0 Å². The van der Waals surface area contributed by atoms with Gasteiger partial charge in [-0.15, -0.1) is 0 Å². The van der Waals surface area contributed by atoms with Crippen LogP contribution in [0.1, 0.15) is 28.4 Å². The lowest BCUT2D eigenvalue weighted by atomic mass is 9.95. The van der Waals surface area contributed by atoms with Gasteiger partial charge in [-0.05, 0) is 28.3 Å². The minimum absolute atomic E-state index is 0.592. The van der Waals surface area contributed by atoms with Crippen LogP contribution in [0.5, 0.6) is 0 Å². The molecule has 0 unspecified atom stereocenters. The maximum absolute atomic E-state index is 10.5. The molecule has 0 aromatic heterocycles. The summed E-state index contributed by atoms with van der Waals surface area (Å²) in [5.74, 6) is 0. The highest BCUT2D eigenvalue weighted by atomic mass is 16.3. The van der Waals surface area contributed by atoms with E-state index in [0.29, 0.717) is 5.57 Å². The molecule has 0 heterocycles. The highest BCUT2D eigenvalue weighted by Gasteiger charge is 2.21. The van der Waals surface area contributed by atoms with Gasteiger partial charge in [0.1, 0.15) is 6.10 Å². The number of hydrogen-bond donors (Lipinski definition) is 1. The first-order valence-electron chi connectivity index (χ1n) is 5.79. The quantitative estimate of drug-likeness (QED) is 0.759. The molecule has 2 nitrogen and oxygen atoms in total. The molecular formula is C16H11NO. The second-order valence-electron chi connectivity index (χ2n) is 4.29. The van der Waals surface area contributed by atoms with Crippen molar-refractivity contribution in [1.29, 1.82) is 5.26 Å². The van der Waals surface area contributed by atoms with Crippen molar-refractivity contribution in [3.8, 4) is 6.07 Å². The lowest BCUT2D eigenvalue weighted by Gasteiger charge is -2.14. The van der Waals surface area contributed by atoms with Crippen LogP contribution >= 0.6 is 0 Å². The number of benzene rings is 2. The van der Waals surface area contributed by atoms with Crippen molar-refractivity contribution in [3.63, 3.8) is 0 Å². The number of aliphatic hydroxyl groups is 1. The summed E-state index contributed by atoms with van der Waals surface area (Å²) in [4.78, 5) is 0. The number of hydrogen-bond acceptors (Lipinski definition) is 2. The average molecular weight is 233 g/mol. The SMILES string of the molecule is N#CC1=Cc2ccccc2[C@@H](O)c2ccccc21. The molecule has 18 heavy (non-hydrogen) atoms. The van der Waals surface area contributed by atoms with Gasteiger partial charge in [-0.2, -0.15) is 5.26 Å². The molecule has 1 atom stereocenters. The van der Waals surface area contributed by atoms with E-state index in [0.717, 1.165) is 22.3 Å².